The number of esters is 2. The van der Waals surface area contributed by atoms with Crippen molar-refractivity contribution in [3.05, 3.63) is 71.3 Å². The van der Waals surface area contributed by atoms with Crippen LogP contribution >= 0.6 is 0 Å². The predicted molar refractivity (Wildman–Crippen MR) is 91.6 cm³/mol. The molecule has 0 spiro atoms. The largest absolute Gasteiger partial charge is 0.465 e. The Labute approximate surface area is 138 Å². The fourth-order valence-electron chi connectivity index (χ4n) is 1.58. The molecule has 0 aliphatic carbocycles. The second kappa shape index (κ2) is 12.0. The minimum atomic E-state index is -0.291. The van der Waals surface area contributed by atoms with E-state index in [1.807, 2.05) is 39.0 Å². The molecule has 0 saturated carbocycles. The van der Waals surface area contributed by atoms with E-state index in [9.17, 15) is 9.59 Å². The third kappa shape index (κ3) is 7.81. The molecule has 4 nitrogen and oxygen atoms in total. The predicted octanol–water partition coefficient (Wildman–Crippen LogP) is 4.28. The van der Waals surface area contributed by atoms with E-state index >= 15 is 0 Å². The van der Waals surface area contributed by atoms with E-state index in [2.05, 4.69) is 9.47 Å². The van der Waals surface area contributed by atoms with E-state index in [1.165, 1.54) is 14.2 Å². The summed E-state index contributed by atoms with van der Waals surface area (Å²) in [7, 11) is 2.75. The van der Waals surface area contributed by atoms with Crippen LogP contribution in [0, 0.1) is 6.92 Å². The van der Waals surface area contributed by atoms with Crippen LogP contribution in [-0.2, 0) is 9.47 Å². The first-order valence-corrected chi connectivity index (χ1v) is 7.37. The van der Waals surface area contributed by atoms with Crippen molar-refractivity contribution in [2.24, 2.45) is 0 Å². The summed E-state index contributed by atoms with van der Waals surface area (Å²) in [5.41, 5.74) is 2.26. The van der Waals surface area contributed by atoms with Gasteiger partial charge in [-0.1, -0.05) is 49.7 Å². The average Bonchev–Trinajstić information content (AvgIpc) is 2.63. The number of hydrogen-bond acceptors (Lipinski definition) is 4. The number of carbonyl (C=O) groups is 2. The summed E-state index contributed by atoms with van der Waals surface area (Å²) < 4.78 is 9.05. The number of aryl methyl sites for hydroxylation is 1. The Balaban J connectivity index is 0.000000381. The maximum Gasteiger partial charge on any atom is 0.337 e. The van der Waals surface area contributed by atoms with Gasteiger partial charge in [0.25, 0.3) is 0 Å². The summed E-state index contributed by atoms with van der Waals surface area (Å²) in [6.07, 6.45) is 0. The van der Waals surface area contributed by atoms with Crippen molar-refractivity contribution in [1.29, 1.82) is 0 Å². The molecular weight excluding hydrogens is 292 g/mol. The standard InChI is InChI=1S/C9H10O2.C8H8O2.C2H6/c1-7-4-3-5-8(6-7)9(10)11-2;1-10-8(9)7-5-3-2-4-6-7;1-2/h3-6H,1-2H3;2-6H,1H3;1-2H3. The molecule has 124 valence electrons. The highest BCUT2D eigenvalue weighted by molar-refractivity contribution is 5.89. The summed E-state index contributed by atoms with van der Waals surface area (Å²) in [6.45, 7) is 5.94. The first kappa shape index (κ1) is 20.4. The van der Waals surface area contributed by atoms with Crippen molar-refractivity contribution in [3.8, 4) is 0 Å². The number of hydrogen-bond donors (Lipinski definition) is 0. The molecule has 2 rings (SSSR count). The van der Waals surface area contributed by atoms with E-state index in [1.54, 1.807) is 36.4 Å². The molecule has 0 bridgehead atoms. The Morgan fingerprint density at radius 1 is 0.739 bits per heavy atom. The van der Waals surface area contributed by atoms with Gasteiger partial charge in [-0.2, -0.15) is 0 Å². The maximum atomic E-state index is 10.9. The van der Waals surface area contributed by atoms with Crippen LogP contribution in [0.4, 0.5) is 0 Å². The molecule has 0 aliphatic rings. The molecule has 0 unspecified atom stereocenters. The zero-order valence-corrected chi connectivity index (χ0v) is 14.3. The van der Waals surface area contributed by atoms with E-state index in [0.29, 0.717) is 11.1 Å². The molecule has 0 heterocycles. The third-order valence-electron chi connectivity index (χ3n) is 2.63. The first-order valence-electron chi connectivity index (χ1n) is 7.37. The summed E-state index contributed by atoms with van der Waals surface area (Å²) in [5, 5.41) is 0. The van der Waals surface area contributed by atoms with Crippen molar-refractivity contribution >= 4 is 11.9 Å². The summed E-state index contributed by atoms with van der Waals surface area (Å²) in [5.74, 6) is -0.575. The van der Waals surface area contributed by atoms with Gasteiger partial charge in [0.2, 0.25) is 0 Å². The minimum Gasteiger partial charge on any atom is -0.465 e. The molecule has 0 atom stereocenters. The Morgan fingerprint density at radius 3 is 1.70 bits per heavy atom. The van der Waals surface area contributed by atoms with Gasteiger partial charge in [0.1, 0.15) is 0 Å². The number of rotatable bonds is 2. The van der Waals surface area contributed by atoms with Crippen LogP contribution in [0.5, 0.6) is 0 Å². The molecule has 0 aliphatic heterocycles. The van der Waals surface area contributed by atoms with Crippen molar-refractivity contribution in [2.75, 3.05) is 14.2 Å². The number of carbonyl (C=O) groups excluding carboxylic acids is 2. The van der Waals surface area contributed by atoms with Crippen LogP contribution < -0.4 is 0 Å². The van der Waals surface area contributed by atoms with E-state index in [4.69, 9.17) is 0 Å². The topological polar surface area (TPSA) is 52.6 Å². The van der Waals surface area contributed by atoms with Gasteiger partial charge in [-0.05, 0) is 31.2 Å². The number of methoxy groups -OCH3 is 2. The lowest BCUT2D eigenvalue weighted by atomic mass is 10.1. The van der Waals surface area contributed by atoms with Gasteiger partial charge in [-0.3, -0.25) is 0 Å². The van der Waals surface area contributed by atoms with Crippen LogP contribution in [0.15, 0.2) is 54.6 Å². The molecule has 4 heteroatoms. The summed E-state index contributed by atoms with van der Waals surface area (Å²) >= 11 is 0. The van der Waals surface area contributed by atoms with Crippen molar-refractivity contribution < 1.29 is 19.1 Å². The van der Waals surface area contributed by atoms with Crippen LogP contribution in [0.3, 0.4) is 0 Å². The van der Waals surface area contributed by atoms with Crippen LogP contribution in [0.25, 0.3) is 0 Å². The van der Waals surface area contributed by atoms with Crippen LogP contribution in [0.1, 0.15) is 40.1 Å². The van der Waals surface area contributed by atoms with Gasteiger partial charge in [-0.15, -0.1) is 0 Å². The zero-order chi connectivity index (χ0) is 17.7. The van der Waals surface area contributed by atoms with Crippen molar-refractivity contribution in [3.63, 3.8) is 0 Å². The molecule has 0 aromatic heterocycles. The molecule has 23 heavy (non-hydrogen) atoms. The molecular formula is C19H24O4. The Bertz CT molecular complexity index is 591. The molecule has 0 N–H and O–H groups in total. The first-order chi connectivity index (χ1) is 11.1. The van der Waals surface area contributed by atoms with Crippen molar-refractivity contribution in [2.45, 2.75) is 20.8 Å². The second-order valence-corrected chi connectivity index (χ2v) is 4.22. The smallest absolute Gasteiger partial charge is 0.337 e. The highest BCUT2D eigenvalue weighted by Crippen LogP contribution is 2.04. The second-order valence-electron chi connectivity index (χ2n) is 4.22. The molecule has 0 radical (unpaired) electrons. The van der Waals surface area contributed by atoms with E-state index in [-0.39, 0.29) is 11.9 Å². The average molecular weight is 316 g/mol. The van der Waals surface area contributed by atoms with E-state index < -0.39 is 0 Å². The lowest BCUT2D eigenvalue weighted by Gasteiger charge is -1.98. The quantitative estimate of drug-likeness (QED) is 0.776. The highest BCUT2D eigenvalue weighted by atomic mass is 16.5. The van der Waals surface area contributed by atoms with Crippen LogP contribution in [0.2, 0.25) is 0 Å². The minimum absolute atomic E-state index is 0.284. The van der Waals surface area contributed by atoms with Gasteiger partial charge >= 0.3 is 11.9 Å². The Kier molecular flexibility index (Phi) is 10.6. The molecule has 0 saturated heterocycles. The molecule has 2 aromatic rings. The Morgan fingerprint density at radius 2 is 1.22 bits per heavy atom. The lowest BCUT2D eigenvalue weighted by Crippen LogP contribution is -2.00. The van der Waals surface area contributed by atoms with Crippen molar-refractivity contribution in [1.82, 2.24) is 0 Å². The SMILES string of the molecule is CC.COC(=O)c1cccc(C)c1.COC(=O)c1ccccc1. The Hall–Kier alpha value is -2.62. The maximum absolute atomic E-state index is 10.9. The number of benzene rings is 2. The van der Waals surface area contributed by atoms with E-state index in [0.717, 1.165) is 5.56 Å². The van der Waals surface area contributed by atoms with Gasteiger partial charge < -0.3 is 9.47 Å². The molecule has 2 aromatic carbocycles. The fourth-order valence-corrected chi connectivity index (χ4v) is 1.58. The number of ether oxygens (including phenoxy) is 2. The van der Waals surface area contributed by atoms with Gasteiger partial charge in [0, 0.05) is 0 Å². The summed E-state index contributed by atoms with van der Waals surface area (Å²) in [6, 6.07) is 16.2. The zero-order valence-electron chi connectivity index (χ0n) is 14.3. The van der Waals surface area contributed by atoms with Gasteiger partial charge in [0.15, 0.2) is 0 Å². The summed E-state index contributed by atoms with van der Waals surface area (Å²) in [4.78, 5) is 21.7. The van der Waals surface area contributed by atoms with Gasteiger partial charge in [0.05, 0.1) is 25.3 Å². The lowest BCUT2D eigenvalue weighted by molar-refractivity contribution is 0.0592. The monoisotopic (exact) mass is 316 g/mol. The normalized spacial score (nSPS) is 8.57. The highest BCUT2D eigenvalue weighted by Gasteiger charge is 2.02. The molecule has 0 fully saturated rings. The third-order valence-corrected chi connectivity index (χ3v) is 2.63. The van der Waals surface area contributed by atoms with Crippen LogP contribution in [-0.4, -0.2) is 26.2 Å². The molecule has 0 amide bonds. The fraction of sp³-hybridized carbons (Fsp3) is 0.263. The van der Waals surface area contributed by atoms with Gasteiger partial charge in [-0.25, -0.2) is 9.59 Å².